The molecule has 1 heterocycles. The highest BCUT2D eigenvalue weighted by molar-refractivity contribution is 5.67. The van der Waals surface area contributed by atoms with E-state index in [2.05, 4.69) is 29.2 Å². The lowest BCUT2D eigenvalue weighted by Gasteiger charge is -2.16. The molecular formula is C21H21NO3. The zero-order valence-corrected chi connectivity index (χ0v) is 14.6. The highest BCUT2D eigenvalue weighted by Gasteiger charge is 2.13. The summed E-state index contributed by atoms with van der Waals surface area (Å²) in [6, 6.07) is 18.2. The molecule has 3 rings (SSSR count). The molecule has 2 aromatic carbocycles. The Kier molecular flexibility index (Phi) is 5.31. The minimum absolute atomic E-state index is 0.109. The van der Waals surface area contributed by atoms with Gasteiger partial charge in [0.2, 0.25) is 0 Å². The van der Waals surface area contributed by atoms with E-state index >= 15 is 0 Å². The van der Waals surface area contributed by atoms with Crippen molar-refractivity contribution in [2.75, 3.05) is 21.3 Å². The van der Waals surface area contributed by atoms with Gasteiger partial charge in [0, 0.05) is 19.5 Å². The Labute approximate surface area is 148 Å². The average molecular weight is 335 g/mol. The Morgan fingerprint density at radius 1 is 0.680 bits per heavy atom. The number of benzene rings is 2. The number of aromatic nitrogens is 1. The van der Waals surface area contributed by atoms with Crippen LogP contribution in [0.15, 0.2) is 67.0 Å². The van der Waals surface area contributed by atoms with E-state index in [1.54, 1.807) is 33.7 Å². The molecule has 1 aromatic heterocycles. The molecule has 0 radical (unpaired) electrons. The quantitative estimate of drug-likeness (QED) is 0.665. The molecule has 1 unspecified atom stereocenters. The monoisotopic (exact) mass is 335 g/mol. The third-order valence-corrected chi connectivity index (χ3v) is 4.17. The molecule has 0 aliphatic rings. The first-order chi connectivity index (χ1) is 12.3. The fourth-order valence-electron chi connectivity index (χ4n) is 2.87. The zero-order valence-electron chi connectivity index (χ0n) is 14.6. The number of pyridine rings is 1. The molecule has 0 saturated carbocycles. The number of nitrogens with zero attached hydrogens (tertiary/aromatic N) is 1. The molecule has 0 spiro atoms. The van der Waals surface area contributed by atoms with E-state index in [9.17, 15) is 0 Å². The third kappa shape index (κ3) is 3.64. The van der Waals surface area contributed by atoms with Gasteiger partial charge in [-0.2, -0.15) is 0 Å². The Balaban J connectivity index is 1.89. The van der Waals surface area contributed by atoms with Crippen LogP contribution in [-0.2, 0) is 4.74 Å². The van der Waals surface area contributed by atoms with Gasteiger partial charge in [-0.3, -0.25) is 4.98 Å². The van der Waals surface area contributed by atoms with Crippen LogP contribution >= 0.6 is 0 Å². The van der Waals surface area contributed by atoms with E-state index in [-0.39, 0.29) is 6.10 Å². The summed E-state index contributed by atoms with van der Waals surface area (Å²) < 4.78 is 16.3. The van der Waals surface area contributed by atoms with Crippen molar-refractivity contribution in [2.24, 2.45) is 0 Å². The Morgan fingerprint density at radius 3 is 1.88 bits per heavy atom. The van der Waals surface area contributed by atoms with Gasteiger partial charge in [0.25, 0.3) is 0 Å². The van der Waals surface area contributed by atoms with E-state index in [1.165, 1.54) is 0 Å². The molecule has 128 valence electrons. The van der Waals surface area contributed by atoms with Gasteiger partial charge in [-0.25, -0.2) is 0 Å². The molecular weight excluding hydrogens is 314 g/mol. The number of hydrogen-bond donors (Lipinski definition) is 0. The van der Waals surface area contributed by atoms with Crippen LogP contribution in [0.2, 0.25) is 0 Å². The first-order valence-electron chi connectivity index (χ1n) is 8.02. The van der Waals surface area contributed by atoms with Gasteiger partial charge < -0.3 is 14.2 Å². The second kappa shape index (κ2) is 7.81. The van der Waals surface area contributed by atoms with Gasteiger partial charge in [-0.15, -0.1) is 0 Å². The van der Waals surface area contributed by atoms with Crippen LogP contribution < -0.4 is 9.47 Å². The first kappa shape index (κ1) is 17.0. The predicted octanol–water partition coefficient (Wildman–Crippen LogP) is 4.50. The van der Waals surface area contributed by atoms with Gasteiger partial charge in [-0.05, 0) is 46.5 Å². The van der Waals surface area contributed by atoms with Gasteiger partial charge in [0.15, 0.2) is 11.5 Å². The normalized spacial score (nSPS) is 11.8. The van der Waals surface area contributed by atoms with Crippen LogP contribution in [0.4, 0.5) is 0 Å². The van der Waals surface area contributed by atoms with Crippen molar-refractivity contribution in [3.8, 4) is 22.6 Å². The van der Waals surface area contributed by atoms with Gasteiger partial charge >= 0.3 is 0 Å². The van der Waals surface area contributed by atoms with Crippen LogP contribution in [0.25, 0.3) is 11.1 Å². The van der Waals surface area contributed by atoms with Crippen LogP contribution in [0.5, 0.6) is 11.5 Å². The molecule has 4 heteroatoms. The van der Waals surface area contributed by atoms with Crippen molar-refractivity contribution >= 4 is 0 Å². The molecule has 25 heavy (non-hydrogen) atoms. The zero-order chi connectivity index (χ0) is 17.6. The molecule has 0 fully saturated rings. The van der Waals surface area contributed by atoms with E-state index in [0.29, 0.717) is 0 Å². The standard InChI is InChI=1S/C21H21NO3/c1-23-19-9-8-18(14-20(19)24-2)15-4-6-16(7-5-15)21(25-3)17-10-12-22-13-11-17/h4-14,21H,1-3H3. The summed E-state index contributed by atoms with van der Waals surface area (Å²) in [5.74, 6) is 1.44. The maximum absolute atomic E-state index is 5.67. The van der Waals surface area contributed by atoms with Crippen LogP contribution in [0.3, 0.4) is 0 Å². The molecule has 4 nitrogen and oxygen atoms in total. The second-order valence-corrected chi connectivity index (χ2v) is 5.59. The summed E-state index contributed by atoms with van der Waals surface area (Å²) in [6.45, 7) is 0. The van der Waals surface area contributed by atoms with Crippen LogP contribution in [-0.4, -0.2) is 26.3 Å². The molecule has 0 N–H and O–H groups in total. The number of ether oxygens (including phenoxy) is 3. The van der Waals surface area contributed by atoms with Crippen LogP contribution in [0, 0.1) is 0 Å². The van der Waals surface area contributed by atoms with Crippen molar-refractivity contribution in [3.63, 3.8) is 0 Å². The Bertz CT molecular complexity index is 816. The lowest BCUT2D eigenvalue weighted by Crippen LogP contribution is -2.03. The van der Waals surface area contributed by atoms with E-state index < -0.39 is 0 Å². The molecule has 0 bridgehead atoms. The topological polar surface area (TPSA) is 40.6 Å². The maximum atomic E-state index is 5.67. The highest BCUT2D eigenvalue weighted by Crippen LogP contribution is 2.33. The molecule has 0 amide bonds. The SMILES string of the molecule is COc1ccc(-c2ccc(C(OC)c3ccncc3)cc2)cc1OC. The van der Waals surface area contributed by atoms with Crippen LogP contribution in [0.1, 0.15) is 17.2 Å². The summed E-state index contributed by atoms with van der Waals surface area (Å²) in [5.41, 5.74) is 4.35. The van der Waals surface area contributed by atoms with Crippen molar-refractivity contribution in [1.82, 2.24) is 4.98 Å². The molecule has 1 atom stereocenters. The lowest BCUT2D eigenvalue weighted by atomic mass is 9.98. The number of rotatable bonds is 6. The average Bonchev–Trinajstić information content (AvgIpc) is 2.69. The summed E-state index contributed by atoms with van der Waals surface area (Å²) in [4.78, 5) is 4.06. The maximum Gasteiger partial charge on any atom is 0.161 e. The summed E-state index contributed by atoms with van der Waals surface area (Å²) in [7, 11) is 4.99. The Hall–Kier alpha value is -2.85. The Morgan fingerprint density at radius 2 is 1.28 bits per heavy atom. The van der Waals surface area contributed by atoms with Gasteiger partial charge in [0.1, 0.15) is 6.10 Å². The minimum atomic E-state index is -0.109. The molecule has 0 aliphatic heterocycles. The summed E-state index contributed by atoms with van der Waals surface area (Å²) in [5, 5.41) is 0. The third-order valence-electron chi connectivity index (χ3n) is 4.17. The molecule has 0 saturated heterocycles. The van der Waals surface area contributed by atoms with E-state index in [4.69, 9.17) is 14.2 Å². The smallest absolute Gasteiger partial charge is 0.161 e. The number of hydrogen-bond acceptors (Lipinski definition) is 4. The highest BCUT2D eigenvalue weighted by atomic mass is 16.5. The lowest BCUT2D eigenvalue weighted by molar-refractivity contribution is 0.136. The van der Waals surface area contributed by atoms with E-state index in [0.717, 1.165) is 33.8 Å². The van der Waals surface area contributed by atoms with Crippen molar-refractivity contribution in [2.45, 2.75) is 6.10 Å². The van der Waals surface area contributed by atoms with Gasteiger partial charge in [0.05, 0.1) is 14.2 Å². The van der Waals surface area contributed by atoms with Gasteiger partial charge in [-0.1, -0.05) is 30.3 Å². The number of methoxy groups -OCH3 is 3. The molecule has 3 aromatic rings. The summed E-state index contributed by atoms with van der Waals surface area (Å²) in [6.07, 6.45) is 3.45. The second-order valence-electron chi connectivity index (χ2n) is 5.59. The van der Waals surface area contributed by atoms with Crippen molar-refractivity contribution in [3.05, 3.63) is 78.1 Å². The molecule has 0 aliphatic carbocycles. The van der Waals surface area contributed by atoms with Crippen molar-refractivity contribution in [1.29, 1.82) is 0 Å². The van der Waals surface area contributed by atoms with E-state index in [1.807, 2.05) is 30.3 Å². The summed E-state index contributed by atoms with van der Waals surface area (Å²) >= 11 is 0. The minimum Gasteiger partial charge on any atom is -0.493 e. The van der Waals surface area contributed by atoms with Crippen molar-refractivity contribution < 1.29 is 14.2 Å². The predicted molar refractivity (Wildman–Crippen MR) is 98.1 cm³/mol. The fourth-order valence-corrected chi connectivity index (χ4v) is 2.87. The largest absolute Gasteiger partial charge is 0.493 e. The fraction of sp³-hybridized carbons (Fsp3) is 0.190. The first-order valence-corrected chi connectivity index (χ1v) is 8.02.